The van der Waals surface area contributed by atoms with Crippen molar-refractivity contribution in [2.45, 2.75) is 33.1 Å². The Kier molecular flexibility index (Phi) is 6.40. The van der Waals surface area contributed by atoms with Crippen LogP contribution >= 0.6 is 0 Å². The molecule has 0 amide bonds. The molecule has 1 aliphatic heterocycles. The Morgan fingerprint density at radius 3 is 2.47 bits per heavy atom. The van der Waals surface area contributed by atoms with Crippen molar-refractivity contribution >= 4 is 10.2 Å². The predicted molar refractivity (Wildman–Crippen MR) is 70.1 cm³/mol. The summed E-state index contributed by atoms with van der Waals surface area (Å²) >= 11 is 0. The van der Waals surface area contributed by atoms with Crippen LogP contribution in [0.2, 0.25) is 0 Å². The number of hydrogen-bond acceptors (Lipinski definition) is 3. The number of nitrogens with one attached hydrogen (secondary N) is 2. The molecule has 1 fully saturated rings. The zero-order valence-electron chi connectivity index (χ0n) is 10.9. The van der Waals surface area contributed by atoms with Crippen LogP contribution in [0.25, 0.3) is 0 Å². The number of rotatable bonds is 7. The Labute approximate surface area is 105 Å². The van der Waals surface area contributed by atoms with Crippen molar-refractivity contribution in [1.82, 2.24) is 14.3 Å². The van der Waals surface area contributed by atoms with Gasteiger partial charge in [0, 0.05) is 19.6 Å². The Balaban J connectivity index is 2.58. The van der Waals surface area contributed by atoms with Crippen molar-refractivity contribution < 1.29 is 8.42 Å². The minimum Gasteiger partial charge on any atom is -0.317 e. The van der Waals surface area contributed by atoms with Gasteiger partial charge in [-0.15, -0.1) is 0 Å². The molecule has 0 atom stereocenters. The van der Waals surface area contributed by atoms with E-state index < -0.39 is 10.2 Å². The van der Waals surface area contributed by atoms with Gasteiger partial charge in [0.2, 0.25) is 0 Å². The van der Waals surface area contributed by atoms with Crippen molar-refractivity contribution in [2.75, 3.05) is 32.7 Å². The van der Waals surface area contributed by atoms with E-state index in [2.05, 4.69) is 10.0 Å². The van der Waals surface area contributed by atoms with E-state index in [0.717, 1.165) is 32.4 Å². The van der Waals surface area contributed by atoms with Gasteiger partial charge in [-0.25, -0.2) is 4.72 Å². The molecule has 1 aliphatic rings. The molecule has 0 bridgehead atoms. The molecular weight excluding hydrogens is 238 g/mol. The summed E-state index contributed by atoms with van der Waals surface area (Å²) in [6.07, 6.45) is 3.00. The third kappa shape index (κ3) is 4.91. The van der Waals surface area contributed by atoms with E-state index in [9.17, 15) is 8.42 Å². The number of nitrogens with zero attached hydrogens (tertiary/aromatic N) is 1. The van der Waals surface area contributed by atoms with Gasteiger partial charge in [0.15, 0.2) is 0 Å². The largest absolute Gasteiger partial charge is 0.317 e. The van der Waals surface area contributed by atoms with Gasteiger partial charge in [0.05, 0.1) is 0 Å². The standard InChI is InChI=1S/C11H25N3O2S/c1-3-9-14(17(15,16)13-4-2)10-11-5-7-12-8-6-11/h11-13H,3-10H2,1-2H3. The van der Waals surface area contributed by atoms with E-state index in [4.69, 9.17) is 0 Å². The predicted octanol–water partition coefficient (Wildman–Crippen LogP) is 0.552. The van der Waals surface area contributed by atoms with Gasteiger partial charge in [-0.3, -0.25) is 0 Å². The first-order valence-corrected chi connectivity index (χ1v) is 7.99. The minimum absolute atomic E-state index is 0.453. The molecule has 0 spiro atoms. The second-order valence-corrected chi connectivity index (χ2v) is 6.31. The van der Waals surface area contributed by atoms with E-state index in [1.54, 1.807) is 4.31 Å². The molecule has 0 aromatic heterocycles. The van der Waals surface area contributed by atoms with Crippen molar-refractivity contribution in [1.29, 1.82) is 0 Å². The molecule has 0 aliphatic carbocycles. The van der Waals surface area contributed by atoms with Gasteiger partial charge in [0.25, 0.3) is 10.2 Å². The summed E-state index contributed by atoms with van der Waals surface area (Å²) < 4.78 is 28.2. The average molecular weight is 263 g/mol. The molecule has 0 unspecified atom stereocenters. The van der Waals surface area contributed by atoms with Gasteiger partial charge >= 0.3 is 0 Å². The maximum absolute atomic E-state index is 12.0. The highest BCUT2D eigenvalue weighted by atomic mass is 32.2. The van der Waals surface area contributed by atoms with Crippen molar-refractivity contribution in [3.63, 3.8) is 0 Å². The Morgan fingerprint density at radius 2 is 1.94 bits per heavy atom. The van der Waals surface area contributed by atoms with Crippen LogP contribution in [0.4, 0.5) is 0 Å². The summed E-state index contributed by atoms with van der Waals surface area (Å²) in [5.74, 6) is 0.497. The lowest BCUT2D eigenvalue weighted by Crippen LogP contribution is -2.45. The third-order valence-electron chi connectivity index (χ3n) is 3.06. The molecule has 0 aromatic rings. The van der Waals surface area contributed by atoms with Crippen LogP contribution in [0.5, 0.6) is 0 Å². The molecule has 6 heteroatoms. The zero-order valence-corrected chi connectivity index (χ0v) is 11.7. The first-order chi connectivity index (χ1) is 8.10. The number of piperidine rings is 1. The lowest BCUT2D eigenvalue weighted by Gasteiger charge is -2.29. The highest BCUT2D eigenvalue weighted by Crippen LogP contribution is 2.15. The van der Waals surface area contributed by atoms with Crippen LogP contribution in [0.1, 0.15) is 33.1 Å². The Bertz CT molecular complexity index is 300. The average Bonchev–Trinajstić information content (AvgIpc) is 2.30. The zero-order chi connectivity index (χ0) is 12.7. The van der Waals surface area contributed by atoms with Crippen LogP contribution < -0.4 is 10.0 Å². The smallest absolute Gasteiger partial charge is 0.279 e. The number of hydrogen-bond donors (Lipinski definition) is 2. The topological polar surface area (TPSA) is 61.4 Å². The molecule has 0 saturated carbocycles. The van der Waals surface area contributed by atoms with E-state index in [0.29, 0.717) is 25.6 Å². The van der Waals surface area contributed by atoms with Crippen molar-refractivity contribution in [3.8, 4) is 0 Å². The highest BCUT2D eigenvalue weighted by Gasteiger charge is 2.24. The lowest BCUT2D eigenvalue weighted by atomic mass is 9.98. The SMILES string of the molecule is CCCN(CC1CCNCC1)S(=O)(=O)NCC. The van der Waals surface area contributed by atoms with E-state index in [-0.39, 0.29) is 0 Å². The summed E-state index contributed by atoms with van der Waals surface area (Å²) in [5.41, 5.74) is 0. The molecule has 5 nitrogen and oxygen atoms in total. The van der Waals surface area contributed by atoms with Crippen LogP contribution in [-0.4, -0.2) is 45.4 Å². The summed E-state index contributed by atoms with van der Waals surface area (Å²) in [5, 5.41) is 3.30. The first-order valence-electron chi connectivity index (χ1n) is 6.55. The molecule has 17 heavy (non-hydrogen) atoms. The quantitative estimate of drug-likeness (QED) is 0.705. The fraction of sp³-hybridized carbons (Fsp3) is 1.00. The van der Waals surface area contributed by atoms with Gasteiger partial charge in [0.1, 0.15) is 0 Å². The van der Waals surface area contributed by atoms with Gasteiger partial charge in [-0.1, -0.05) is 13.8 Å². The molecule has 2 N–H and O–H groups in total. The highest BCUT2D eigenvalue weighted by molar-refractivity contribution is 7.87. The monoisotopic (exact) mass is 263 g/mol. The van der Waals surface area contributed by atoms with E-state index in [1.165, 1.54) is 0 Å². The third-order valence-corrected chi connectivity index (χ3v) is 4.73. The summed E-state index contributed by atoms with van der Waals surface area (Å²) in [4.78, 5) is 0. The Morgan fingerprint density at radius 1 is 1.29 bits per heavy atom. The molecular formula is C11H25N3O2S. The van der Waals surface area contributed by atoms with Crippen molar-refractivity contribution in [3.05, 3.63) is 0 Å². The second-order valence-electron chi connectivity index (χ2n) is 4.55. The second kappa shape index (κ2) is 7.31. The van der Waals surface area contributed by atoms with Crippen LogP contribution in [-0.2, 0) is 10.2 Å². The summed E-state index contributed by atoms with van der Waals surface area (Å²) in [6, 6.07) is 0. The minimum atomic E-state index is -3.27. The van der Waals surface area contributed by atoms with Gasteiger partial charge in [-0.2, -0.15) is 12.7 Å². The van der Waals surface area contributed by atoms with E-state index >= 15 is 0 Å². The Hall–Kier alpha value is -0.170. The molecule has 1 saturated heterocycles. The van der Waals surface area contributed by atoms with E-state index in [1.807, 2.05) is 13.8 Å². The molecule has 1 rings (SSSR count). The normalized spacial score (nSPS) is 18.8. The maximum Gasteiger partial charge on any atom is 0.279 e. The summed E-state index contributed by atoms with van der Waals surface area (Å²) in [6.45, 7) is 7.56. The summed E-state index contributed by atoms with van der Waals surface area (Å²) in [7, 11) is -3.27. The maximum atomic E-state index is 12.0. The van der Waals surface area contributed by atoms with Crippen LogP contribution in [0.15, 0.2) is 0 Å². The fourth-order valence-corrected chi connectivity index (χ4v) is 3.56. The molecule has 1 heterocycles. The van der Waals surface area contributed by atoms with Crippen LogP contribution in [0.3, 0.4) is 0 Å². The van der Waals surface area contributed by atoms with Gasteiger partial charge in [-0.05, 0) is 38.3 Å². The molecule has 0 radical (unpaired) electrons. The fourth-order valence-electron chi connectivity index (χ4n) is 2.18. The first kappa shape index (κ1) is 14.9. The molecule has 102 valence electrons. The van der Waals surface area contributed by atoms with Crippen LogP contribution in [0, 0.1) is 5.92 Å². The lowest BCUT2D eigenvalue weighted by molar-refractivity contribution is 0.286. The molecule has 0 aromatic carbocycles. The van der Waals surface area contributed by atoms with Gasteiger partial charge < -0.3 is 5.32 Å². The van der Waals surface area contributed by atoms with Crippen molar-refractivity contribution in [2.24, 2.45) is 5.92 Å².